The lowest BCUT2D eigenvalue weighted by Gasteiger charge is -2.05. The first kappa shape index (κ1) is 10.1. The molecule has 1 aromatic rings. The van der Waals surface area contributed by atoms with Crippen LogP contribution < -0.4 is 4.74 Å². The lowest BCUT2D eigenvalue weighted by atomic mass is 9.82. The molecule has 4 heteroatoms. The van der Waals surface area contributed by atoms with E-state index in [1.165, 1.54) is 0 Å². The van der Waals surface area contributed by atoms with Gasteiger partial charge in [-0.15, -0.1) is 0 Å². The van der Waals surface area contributed by atoms with Gasteiger partial charge in [0.2, 0.25) is 0 Å². The Morgan fingerprint density at radius 1 is 1.38 bits per heavy atom. The van der Waals surface area contributed by atoms with Gasteiger partial charge in [-0.3, -0.25) is 0 Å². The average Bonchev–Trinajstić information content (AvgIpc) is 2.04. The van der Waals surface area contributed by atoms with E-state index in [1.54, 1.807) is 0 Å². The number of hydrogen-bond donors (Lipinski definition) is 2. The Balaban J connectivity index is 2.67. The fourth-order valence-corrected chi connectivity index (χ4v) is 1.14. The molecule has 0 amide bonds. The fourth-order valence-electron chi connectivity index (χ4n) is 1.14. The highest BCUT2D eigenvalue weighted by Gasteiger charge is 2.07. The van der Waals surface area contributed by atoms with Crippen molar-refractivity contribution in [2.24, 2.45) is 0 Å². The first-order valence-electron chi connectivity index (χ1n) is 4.30. The van der Waals surface area contributed by atoms with E-state index < -0.39 is 7.12 Å². The third-order valence-corrected chi connectivity index (χ3v) is 1.63. The number of benzene rings is 1. The summed E-state index contributed by atoms with van der Waals surface area (Å²) in [6.45, 7) is 2.53. The van der Waals surface area contributed by atoms with E-state index in [1.807, 2.05) is 31.2 Å². The molecule has 70 valence electrons. The smallest absolute Gasteiger partial charge is 0.456 e. The van der Waals surface area contributed by atoms with Gasteiger partial charge in [0.05, 0.1) is 6.61 Å². The van der Waals surface area contributed by atoms with Crippen molar-refractivity contribution >= 4 is 7.12 Å². The lowest BCUT2D eigenvalue weighted by molar-refractivity contribution is 0.340. The zero-order chi connectivity index (χ0) is 9.68. The van der Waals surface area contributed by atoms with Gasteiger partial charge in [0, 0.05) is 6.32 Å². The first-order chi connectivity index (χ1) is 6.22. The minimum Gasteiger partial charge on any atom is -0.494 e. The van der Waals surface area contributed by atoms with Crippen LogP contribution in [-0.2, 0) is 6.32 Å². The number of rotatable bonds is 4. The van der Waals surface area contributed by atoms with Crippen LogP contribution in [-0.4, -0.2) is 23.8 Å². The van der Waals surface area contributed by atoms with Crippen LogP contribution in [0.4, 0.5) is 0 Å². The summed E-state index contributed by atoms with van der Waals surface area (Å²) in [6.07, 6.45) is 0.237. The van der Waals surface area contributed by atoms with Crippen LogP contribution in [0.5, 0.6) is 5.75 Å². The molecule has 0 atom stereocenters. The SMILES string of the molecule is CCOc1cccc(CB(O)O)c1. The Morgan fingerprint density at radius 2 is 2.15 bits per heavy atom. The summed E-state index contributed by atoms with van der Waals surface area (Å²) >= 11 is 0. The Hall–Kier alpha value is -0.995. The molecule has 0 heterocycles. The van der Waals surface area contributed by atoms with Crippen molar-refractivity contribution < 1.29 is 14.8 Å². The van der Waals surface area contributed by atoms with Gasteiger partial charge in [0.1, 0.15) is 5.75 Å². The third kappa shape index (κ3) is 3.48. The Morgan fingerprint density at radius 3 is 2.77 bits per heavy atom. The number of hydrogen-bond acceptors (Lipinski definition) is 3. The molecular weight excluding hydrogens is 167 g/mol. The molecule has 3 nitrogen and oxygen atoms in total. The van der Waals surface area contributed by atoms with Crippen LogP contribution in [0.15, 0.2) is 24.3 Å². The van der Waals surface area contributed by atoms with Crippen LogP contribution in [0.2, 0.25) is 0 Å². The van der Waals surface area contributed by atoms with Crippen LogP contribution in [0.25, 0.3) is 0 Å². The highest BCUT2D eigenvalue weighted by Crippen LogP contribution is 2.13. The van der Waals surface area contributed by atoms with Crippen LogP contribution in [0.3, 0.4) is 0 Å². The molecule has 1 rings (SSSR count). The highest BCUT2D eigenvalue weighted by molar-refractivity contribution is 6.40. The van der Waals surface area contributed by atoms with Crippen molar-refractivity contribution in [3.8, 4) is 5.75 Å². The van der Waals surface area contributed by atoms with Gasteiger partial charge >= 0.3 is 7.12 Å². The summed E-state index contributed by atoms with van der Waals surface area (Å²) in [6, 6.07) is 7.32. The summed E-state index contributed by atoms with van der Waals surface area (Å²) < 4.78 is 5.26. The van der Waals surface area contributed by atoms with E-state index in [-0.39, 0.29) is 6.32 Å². The van der Waals surface area contributed by atoms with Crippen molar-refractivity contribution in [2.75, 3.05) is 6.61 Å². The number of ether oxygens (including phenoxy) is 1. The second-order valence-corrected chi connectivity index (χ2v) is 2.77. The maximum Gasteiger partial charge on any atom is 0.456 e. The third-order valence-electron chi connectivity index (χ3n) is 1.63. The van der Waals surface area contributed by atoms with E-state index in [4.69, 9.17) is 14.8 Å². The fraction of sp³-hybridized carbons (Fsp3) is 0.333. The monoisotopic (exact) mass is 180 g/mol. The molecule has 0 aliphatic rings. The molecule has 0 bridgehead atoms. The van der Waals surface area contributed by atoms with Gasteiger partial charge in [-0.2, -0.15) is 0 Å². The average molecular weight is 180 g/mol. The molecule has 0 aromatic heterocycles. The minimum atomic E-state index is -1.29. The van der Waals surface area contributed by atoms with Gasteiger partial charge in [-0.1, -0.05) is 12.1 Å². The largest absolute Gasteiger partial charge is 0.494 e. The van der Waals surface area contributed by atoms with Crippen molar-refractivity contribution in [1.29, 1.82) is 0 Å². The molecule has 2 N–H and O–H groups in total. The molecule has 0 saturated heterocycles. The van der Waals surface area contributed by atoms with Crippen LogP contribution >= 0.6 is 0 Å². The maximum atomic E-state index is 8.74. The van der Waals surface area contributed by atoms with E-state index in [2.05, 4.69) is 0 Å². The van der Waals surface area contributed by atoms with Gasteiger partial charge in [-0.05, 0) is 24.6 Å². The second-order valence-electron chi connectivity index (χ2n) is 2.77. The molecule has 0 aliphatic heterocycles. The Labute approximate surface area is 78.1 Å². The van der Waals surface area contributed by atoms with Crippen LogP contribution in [0, 0.1) is 0 Å². The summed E-state index contributed by atoms with van der Waals surface area (Å²) in [5, 5.41) is 17.5. The van der Waals surface area contributed by atoms with Crippen LogP contribution in [0.1, 0.15) is 12.5 Å². The summed E-state index contributed by atoms with van der Waals surface area (Å²) in [7, 11) is -1.29. The van der Waals surface area contributed by atoms with Gasteiger partial charge in [0.15, 0.2) is 0 Å². The summed E-state index contributed by atoms with van der Waals surface area (Å²) in [4.78, 5) is 0. The molecular formula is C9H13BO3. The first-order valence-corrected chi connectivity index (χ1v) is 4.30. The topological polar surface area (TPSA) is 49.7 Å². The maximum absolute atomic E-state index is 8.74. The molecule has 0 unspecified atom stereocenters. The zero-order valence-corrected chi connectivity index (χ0v) is 7.60. The quantitative estimate of drug-likeness (QED) is 0.668. The van der Waals surface area contributed by atoms with Crippen molar-refractivity contribution in [3.63, 3.8) is 0 Å². The van der Waals surface area contributed by atoms with E-state index in [0.717, 1.165) is 11.3 Å². The van der Waals surface area contributed by atoms with Gasteiger partial charge < -0.3 is 14.8 Å². The van der Waals surface area contributed by atoms with E-state index in [9.17, 15) is 0 Å². The molecule has 1 aromatic carbocycles. The zero-order valence-electron chi connectivity index (χ0n) is 7.60. The molecule has 0 saturated carbocycles. The molecule has 0 spiro atoms. The van der Waals surface area contributed by atoms with Gasteiger partial charge in [0.25, 0.3) is 0 Å². The molecule has 0 fully saturated rings. The van der Waals surface area contributed by atoms with E-state index in [0.29, 0.717) is 6.61 Å². The predicted molar refractivity (Wildman–Crippen MR) is 51.5 cm³/mol. The van der Waals surface area contributed by atoms with Crippen molar-refractivity contribution in [1.82, 2.24) is 0 Å². The minimum absolute atomic E-state index is 0.237. The highest BCUT2D eigenvalue weighted by atomic mass is 16.5. The van der Waals surface area contributed by atoms with Crippen molar-refractivity contribution in [3.05, 3.63) is 29.8 Å². The summed E-state index contributed by atoms with van der Waals surface area (Å²) in [5.74, 6) is 0.764. The summed E-state index contributed by atoms with van der Waals surface area (Å²) in [5.41, 5.74) is 0.862. The molecule has 13 heavy (non-hydrogen) atoms. The van der Waals surface area contributed by atoms with E-state index >= 15 is 0 Å². The van der Waals surface area contributed by atoms with Gasteiger partial charge in [-0.25, -0.2) is 0 Å². The second kappa shape index (κ2) is 4.89. The molecule has 0 aliphatic carbocycles. The Kier molecular flexibility index (Phi) is 3.80. The molecule has 0 radical (unpaired) electrons. The lowest BCUT2D eigenvalue weighted by Crippen LogP contribution is -2.15. The Bertz CT molecular complexity index is 263. The van der Waals surface area contributed by atoms with Crippen molar-refractivity contribution in [2.45, 2.75) is 13.2 Å². The normalized spacial score (nSPS) is 9.77. The standard InChI is InChI=1S/C9H13BO3/c1-2-13-9-5-3-4-8(6-9)7-10(11)12/h3-6,11-12H,2,7H2,1H3. The predicted octanol–water partition coefficient (Wildman–Crippen LogP) is 0.640.